The molecule has 1 fully saturated rings. The highest BCUT2D eigenvalue weighted by atomic mass is 32.2. The zero-order valence-electron chi connectivity index (χ0n) is 8.43. The summed E-state index contributed by atoms with van der Waals surface area (Å²) >= 11 is 0. The molecule has 0 spiro atoms. The topological polar surface area (TPSA) is 51.2 Å². The van der Waals surface area contributed by atoms with E-state index in [-0.39, 0.29) is 11.5 Å². The smallest absolute Gasteiger partial charge is 0.151 e. The van der Waals surface area contributed by atoms with E-state index in [2.05, 4.69) is 0 Å². The van der Waals surface area contributed by atoms with Gasteiger partial charge in [0.25, 0.3) is 0 Å². The van der Waals surface area contributed by atoms with Gasteiger partial charge in [0.2, 0.25) is 0 Å². The molecule has 0 saturated carbocycles. The van der Waals surface area contributed by atoms with Gasteiger partial charge in [-0.15, -0.1) is 0 Å². The van der Waals surface area contributed by atoms with Gasteiger partial charge in [-0.2, -0.15) is 0 Å². The monoisotopic (exact) mass is 262 g/mol. The van der Waals surface area contributed by atoms with E-state index in [1.165, 1.54) is 18.2 Å². The predicted octanol–water partition coefficient (Wildman–Crippen LogP) is 1.12. The Morgan fingerprint density at radius 3 is 2.69 bits per heavy atom. The third-order valence-electron chi connectivity index (χ3n) is 2.52. The van der Waals surface area contributed by atoms with Crippen LogP contribution in [0.25, 0.3) is 0 Å². The lowest BCUT2D eigenvalue weighted by Crippen LogP contribution is -2.16. The van der Waals surface area contributed by atoms with E-state index in [1.54, 1.807) is 6.07 Å². The van der Waals surface area contributed by atoms with Crippen LogP contribution in [0, 0.1) is 5.82 Å². The SMILES string of the molecule is O=S(c1cccc(F)c1)C1CCS(=O)(=O)C1. The zero-order chi connectivity index (χ0) is 11.8. The predicted molar refractivity (Wildman–Crippen MR) is 59.9 cm³/mol. The molecule has 0 N–H and O–H groups in total. The minimum atomic E-state index is -3.05. The van der Waals surface area contributed by atoms with E-state index in [4.69, 9.17) is 0 Å². The fourth-order valence-corrected chi connectivity index (χ4v) is 5.68. The molecule has 2 rings (SSSR count). The molecular weight excluding hydrogens is 251 g/mol. The van der Waals surface area contributed by atoms with Gasteiger partial charge in [0, 0.05) is 4.90 Å². The van der Waals surface area contributed by atoms with Crippen LogP contribution in [0.15, 0.2) is 29.2 Å². The lowest BCUT2D eigenvalue weighted by atomic mass is 10.3. The van der Waals surface area contributed by atoms with Crippen molar-refractivity contribution >= 4 is 20.6 Å². The summed E-state index contributed by atoms with van der Waals surface area (Å²) in [5, 5.41) is -0.396. The molecule has 0 aliphatic carbocycles. The second-order valence-electron chi connectivity index (χ2n) is 3.78. The fourth-order valence-electron chi connectivity index (χ4n) is 1.71. The normalized spacial score (nSPS) is 25.4. The Balaban J connectivity index is 2.21. The maximum atomic E-state index is 12.9. The van der Waals surface area contributed by atoms with Crippen molar-refractivity contribution in [3.63, 3.8) is 0 Å². The van der Waals surface area contributed by atoms with Gasteiger partial charge in [-0.25, -0.2) is 12.8 Å². The van der Waals surface area contributed by atoms with E-state index in [0.29, 0.717) is 11.3 Å². The highest BCUT2D eigenvalue weighted by Crippen LogP contribution is 2.22. The van der Waals surface area contributed by atoms with Crippen LogP contribution in [0.4, 0.5) is 4.39 Å². The van der Waals surface area contributed by atoms with E-state index in [0.717, 1.165) is 0 Å². The van der Waals surface area contributed by atoms with Crippen molar-refractivity contribution in [1.82, 2.24) is 0 Å². The second-order valence-corrected chi connectivity index (χ2v) is 7.74. The van der Waals surface area contributed by atoms with Gasteiger partial charge in [0.05, 0.1) is 27.6 Å². The van der Waals surface area contributed by atoms with Crippen LogP contribution in [0.1, 0.15) is 6.42 Å². The number of hydrogen-bond donors (Lipinski definition) is 0. The highest BCUT2D eigenvalue weighted by Gasteiger charge is 2.32. The van der Waals surface area contributed by atoms with Crippen LogP contribution in [0.2, 0.25) is 0 Å². The molecule has 1 aromatic carbocycles. The molecule has 1 saturated heterocycles. The Morgan fingerprint density at radius 2 is 2.12 bits per heavy atom. The Hall–Kier alpha value is -0.750. The molecule has 1 aliphatic heterocycles. The van der Waals surface area contributed by atoms with Gasteiger partial charge in [0.1, 0.15) is 5.82 Å². The Morgan fingerprint density at radius 1 is 1.38 bits per heavy atom. The van der Waals surface area contributed by atoms with Crippen LogP contribution in [-0.2, 0) is 20.6 Å². The number of sulfone groups is 1. The maximum Gasteiger partial charge on any atom is 0.151 e. The van der Waals surface area contributed by atoms with Gasteiger partial charge in [-0.3, -0.25) is 4.21 Å². The molecule has 2 atom stereocenters. The molecule has 6 heteroatoms. The van der Waals surface area contributed by atoms with Crippen molar-refractivity contribution in [1.29, 1.82) is 0 Å². The number of hydrogen-bond acceptors (Lipinski definition) is 3. The van der Waals surface area contributed by atoms with E-state index < -0.39 is 31.7 Å². The average Bonchev–Trinajstić information content (AvgIpc) is 2.58. The minimum absolute atomic E-state index is 0.0594. The maximum absolute atomic E-state index is 12.9. The molecule has 2 unspecified atom stereocenters. The molecule has 0 aromatic heterocycles. The Labute approximate surface area is 96.1 Å². The third-order valence-corrected chi connectivity index (χ3v) is 6.23. The molecule has 16 heavy (non-hydrogen) atoms. The summed E-state index contributed by atoms with van der Waals surface area (Å²) in [6, 6.07) is 5.50. The second kappa shape index (κ2) is 4.25. The highest BCUT2D eigenvalue weighted by molar-refractivity contribution is 7.94. The van der Waals surface area contributed by atoms with Crippen LogP contribution in [0.3, 0.4) is 0 Å². The minimum Gasteiger partial charge on any atom is -0.254 e. The molecule has 1 aromatic rings. The number of halogens is 1. The standard InChI is InChI=1S/C10H11FO3S2/c11-8-2-1-3-9(6-8)15(12)10-4-5-16(13,14)7-10/h1-3,6,10H,4-5,7H2. The number of rotatable bonds is 2. The summed E-state index contributed by atoms with van der Waals surface area (Å²) in [7, 11) is -4.48. The molecular formula is C10H11FO3S2. The molecule has 0 bridgehead atoms. The summed E-state index contributed by atoms with van der Waals surface area (Å²) in [4.78, 5) is 0.363. The van der Waals surface area contributed by atoms with Crippen LogP contribution < -0.4 is 0 Å². The van der Waals surface area contributed by atoms with Gasteiger partial charge in [0.15, 0.2) is 9.84 Å². The van der Waals surface area contributed by atoms with Crippen molar-refractivity contribution < 1.29 is 17.0 Å². The molecule has 1 heterocycles. The molecule has 1 aliphatic rings. The van der Waals surface area contributed by atoms with Crippen LogP contribution in [0.5, 0.6) is 0 Å². The average molecular weight is 262 g/mol. The van der Waals surface area contributed by atoms with Gasteiger partial charge >= 0.3 is 0 Å². The summed E-state index contributed by atoms with van der Waals surface area (Å²) in [6.07, 6.45) is 0.394. The van der Waals surface area contributed by atoms with E-state index in [9.17, 15) is 17.0 Å². The van der Waals surface area contributed by atoms with E-state index in [1.807, 2.05) is 0 Å². The molecule has 0 amide bonds. The molecule has 88 valence electrons. The molecule has 3 nitrogen and oxygen atoms in total. The van der Waals surface area contributed by atoms with Gasteiger partial charge in [-0.1, -0.05) is 6.07 Å². The quantitative estimate of drug-likeness (QED) is 0.802. The lowest BCUT2D eigenvalue weighted by molar-refractivity contribution is 0.602. The van der Waals surface area contributed by atoms with Crippen molar-refractivity contribution in [2.24, 2.45) is 0 Å². The van der Waals surface area contributed by atoms with E-state index >= 15 is 0 Å². The Kier molecular flexibility index (Phi) is 3.12. The summed E-state index contributed by atoms with van der Waals surface area (Å²) in [6.45, 7) is 0. The molecule has 0 radical (unpaired) electrons. The van der Waals surface area contributed by atoms with Crippen molar-refractivity contribution in [2.75, 3.05) is 11.5 Å². The van der Waals surface area contributed by atoms with Gasteiger partial charge < -0.3 is 0 Å². The first-order valence-corrected chi connectivity index (χ1v) is 7.88. The first kappa shape index (κ1) is 11.7. The summed E-state index contributed by atoms with van der Waals surface area (Å²) in [5.41, 5.74) is 0. The lowest BCUT2D eigenvalue weighted by Gasteiger charge is -2.07. The summed E-state index contributed by atoms with van der Waals surface area (Å²) < 4.78 is 47.4. The van der Waals surface area contributed by atoms with Crippen molar-refractivity contribution in [2.45, 2.75) is 16.6 Å². The number of benzene rings is 1. The first-order chi connectivity index (χ1) is 7.48. The largest absolute Gasteiger partial charge is 0.254 e. The zero-order valence-corrected chi connectivity index (χ0v) is 10.1. The fraction of sp³-hybridized carbons (Fsp3) is 0.400. The van der Waals surface area contributed by atoms with Crippen LogP contribution in [-0.4, -0.2) is 29.4 Å². The van der Waals surface area contributed by atoms with Crippen molar-refractivity contribution in [3.05, 3.63) is 30.1 Å². The third kappa shape index (κ3) is 2.49. The van der Waals surface area contributed by atoms with Gasteiger partial charge in [-0.05, 0) is 24.6 Å². The Bertz CT molecular complexity index is 525. The summed E-state index contributed by atoms with van der Waals surface area (Å²) in [5.74, 6) is -0.429. The van der Waals surface area contributed by atoms with Crippen LogP contribution >= 0.6 is 0 Å². The van der Waals surface area contributed by atoms with Crippen molar-refractivity contribution in [3.8, 4) is 0 Å². The first-order valence-electron chi connectivity index (χ1n) is 4.84.